The smallest absolute Gasteiger partial charge is 0.328 e. The summed E-state index contributed by atoms with van der Waals surface area (Å²) in [5.74, 6) is -0.310. The van der Waals surface area contributed by atoms with Crippen molar-refractivity contribution in [3.05, 3.63) is 29.8 Å². The Kier molecular flexibility index (Phi) is 6.13. The van der Waals surface area contributed by atoms with Gasteiger partial charge in [-0.2, -0.15) is 0 Å². The molecule has 1 aliphatic carbocycles. The van der Waals surface area contributed by atoms with E-state index < -0.39 is 27.9 Å². The van der Waals surface area contributed by atoms with Crippen molar-refractivity contribution in [2.24, 2.45) is 5.92 Å². The van der Waals surface area contributed by atoms with E-state index in [9.17, 15) is 9.59 Å². The van der Waals surface area contributed by atoms with Gasteiger partial charge in [0.2, 0.25) is 0 Å². The van der Waals surface area contributed by atoms with Crippen molar-refractivity contribution in [2.75, 3.05) is 7.11 Å². The first-order valence-corrected chi connectivity index (χ1v) is 9.29. The van der Waals surface area contributed by atoms with E-state index in [0.717, 1.165) is 12.0 Å². The molecule has 0 spiro atoms. The molecule has 2 atom stereocenters. The lowest BCUT2D eigenvalue weighted by molar-refractivity contribution is -0.148. The van der Waals surface area contributed by atoms with Crippen LogP contribution in [0.5, 0.6) is 5.75 Å². The van der Waals surface area contributed by atoms with Crippen molar-refractivity contribution in [3.8, 4) is 5.75 Å². The molecule has 1 aromatic carbocycles. The summed E-state index contributed by atoms with van der Waals surface area (Å²) in [5, 5.41) is 2.70. The number of halogens is 2. The largest absolute Gasteiger partial charge is 0.478 e. The van der Waals surface area contributed by atoms with Gasteiger partial charge in [-0.05, 0) is 43.9 Å². The number of hydrogen-bond donors (Lipinski definition) is 1. The van der Waals surface area contributed by atoms with E-state index >= 15 is 0 Å². The van der Waals surface area contributed by atoms with Crippen LogP contribution in [0.4, 0.5) is 0 Å². The summed E-state index contributed by atoms with van der Waals surface area (Å²) in [5.41, 5.74) is -0.125. The molecule has 1 amide bonds. The van der Waals surface area contributed by atoms with Crippen LogP contribution in [0.25, 0.3) is 0 Å². The second kappa shape index (κ2) is 7.65. The van der Waals surface area contributed by atoms with Crippen molar-refractivity contribution in [3.63, 3.8) is 0 Å². The number of esters is 1. The number of rotatable bonds is 7. The Hall–Kier alpha value is -1.46. The van der Waals surface area contributed by atoms with Crippen molar-refractivity contribution in [1.82, 2.24) is 5.32 Å². The van der Waals surface area contributed by atoms with Gasteiger partial charge in [-0.1, -0.05) is 26.0 Å². The average Bonchev–Trinajstić information content (AvgIpc) is 3.20. The average molecular weight is 402 g/mol. The first kappa shape index (κ1) is 20.8. The molecule has 0 aliphatic heterocycles. The fourth-order valence-corrected chi connectivity index (χ4v) is 3.18. The highest BCUT2D eigenvalue weighted by molar-refractivity contribution is 6.51. The number of carbonyl (C=O) groups excluding carboxylic acids is 2. The third-order valence-electron chi connectivity index (χ3n) is 4.44. The van der Waals surface area contributed by atoms with Gasteiger partial charge in [-0.3, -0.25) is 4.79 Å². The standard InChI is InChI=1S/C19H25Cl2NO4/c1-11(2)15(16(23)25-5)22-17(24)18(3,4)26-13-8-6-12(7-9-13)14-10-19(14,20)21/h6-9,11,14-15H,10H2,1-5H3,(H,22,24)/t14-,15+/m1/s1. The number of ether oxygens (including phenoxy) is 2. The SMILES string of the molecule is COC(=O)[C@@H](NC(=O)C(C)(C)Oc1ccc([C@H]2CC2(Cl)Cl)cc1)C(C)C. The molecule has 7 heteroatoms. The van der Waals surface area contributed by atoms with Crippen LogP contribution in [0.1, 0.15) is 45.6 Å². The number of hydrogen-bond acceptors (Lipinski definition) is 4. The Morgan fingerprint density at radius 3 is 2.19 bits per heavy atom. The Morgan fingerprint density at radius 2 is 1.77 bits per heavy atom. The second-order valence-corrected chi connectivity index (χ2v) is 8.96. The van der Waals surface area contributed by atoms with Gasteiger partial charge in [-0.25, -0.2) is 4.79 Å². The zero-order valence-corrected chi connectivity index (χ0v) is 17.1. The molecule has 1 aliphatic rings. The van der Waals surface area contributed by atoms with E-state index in [2.05, 4.69) is 5.32 Å². The van der Waals surface area contributed by atoms with Crippen LogP contribution in [-0.2, 0) is 14.3 Å². The molecule has 1 saturated carbocycles. The van der Waals surface area contributed by atoms with Gasteiger partial charge in [0.1, 0.15) is 16.1 Å². The van der Waals surface area contributed by atoms with Crippen LogP contribution >= 0.6 is 23.2 Å². The summed E-state index contributed by atoms with van der Waals surface area (Å²) < 4.78 is 9.90. The monoisotopic (exact) mass is 401 g/mol. The summed E-state index contributed by atoms with van der Waals surface area (Å²) >= 11 is 12.2. The molecule has 5 nitrogen and oxygen atoms in total. The number of alkyl halides is 2. The third kappa shape index (κ3) is 4.83. The lowest BCUT2D eigenvalue weighted by Gasteiger charge is -2.28. The maximum Gasteiger partial charge on any atom is 0.328 e. The van der Waals surface area contributed by atoms with Crippen LogP contribution in [0.15, 0.2) is 24.3 Å². The molecule has 0 aromatic heterocycles. The van der Waals surface area contributed by atoms with Crippen LogP contribution in [0, 0.1) is 5.92 Å². The third-order valence-corrected chi connectivity index (χ3v) is 5.27. The molecule has 26 heavy (non-hydrogen) atoms. The lowest BCUT2D eigenvalue weighted by atomic mass is 10.0. The molecular formula is C19H25Cl2NO4. The number of methoxy groups -OCH3 is 1. The van der Waals surface area contributed by atoms with E-state index in [0.29, 0.717) is 5.75 Å². The molecule has 0 unspecified atom stereocenters. The summed E-state index contributed by atoms with van der Waals surface area (Å²) in [6.45, 7) is 6.96. The predicted octanol–water partition coefficient (Wildman–Crippen LogP) is 3.82. The Bertz CT molecular complexity index is 671. The first-order valence-electron chi connectivity index (χ1n) is 8.53. The highest BCUT2D eigenvalue weighted by Crippen LogP contribution is 2.59. The predicted molar refractivity (Wildman–Crippen MR) is 102 cm³/mol. The van der Waals surface area contributed by atoms with Gasteiger partial charge >= 0.3 is 5.97 Å². The van der Waals surface area contributed by atoms with Crippen LogP contribution < -0.4 is 10.1 Å². The van der Waals surface area contributed by atoms with Crippen molar-refractivity contribution in [1.29, 1.82) is 0 Å². The van der Waals surface area contributed by atoms with Gasteiger partial charge in [-0.15, -0.1) is 23.2 Å². The summed E-state index contributed by atoms with van der Waals surface area (Å²) in [6.07, 6.45) is 0.730. The van der Waals surface area contributed by atoms with Gasteiger partial charge in [0, 0.05) is 5.92 Å². The molecule has 0 saturated heterocycles. The topological polar surface area (TPSA) is 64.6 Å². The van der Waals surface area contributed by atoms with Gasteiger partial charge in [0.15, 0.2) is 5.60 Å². The summed E-state index contributed by atoms with van der Waals surface area (Å²) in [6, 6.07) is 6.63. The van der Waals surface area contributed by atoms with E-state index in [-0.39, 0.29) is 11.8 Å². The zero-order chi connectivity index (χ0) is 19.7. The highest BCUT2D eigenvalue weighted by Gasteiger charge is 2.52. The Balaban J connectivity index is 2.02. The molecule has 1 N–H and O–H groups in total. The zero-order valence-electron chi connectivity index (χ0n) is 15.6. The van der Waals surface area contributed by atoms with E-state index in [1.165, 1.54) is 7.11 Å². The van der Waals surface area contributed by atoms with E-state index in [1.54, 1.807) is 26.0 Å². The van der Waals surface area contributed by atoms with Gasteiger partial charge in [0.25, 0.3) is 5.91 Å². The maximum atomic E-state index is 12.6. The van der Waals surface area contributed by atoms with E-state index in [1.807, 2.05) is 26.0 Å². The number of benzene rings is 1. The Labute approximate surface area is 164 Å². The maximum absolute atomic E-state index is 12.6. The summed E-state index contributed by atoms with van der Waals surface area (Å²) in [7, 11) is 1.29. The minimum Gasteiger partial charge on any atom is -0.478 e. The normalized spacial score (nSPS) is 19.6. The minimum atomic E-state index is -1.16. The lowest BCUT2D eigenvalue weighted by Crippen LogP contribution is -2.54. The van der Waals surface area contributed by atoms with Crippen molar-refractivity contribution in [2.45, 2.75) is 56.0 Å². The molecular weight excluding hydrogens is 377 g/mol. The fraction of sp³-hybridized carbons (Fsp3) is 0.579. The van der Waals surface area contributed by atoms with E-state index in [4.69, 9.17) is 32.7 Å². The molecule has 0 heterocycles. The molecule has 0 bridgehead atoms. The van der Waals surface area contributed by atoms with Gasteiger partial charge in [0.05, 0.1) is 7.11 Å². The summed E-state index contributed by atoms with van der Waals surface area (Å²) in [4.78, 5) is 24.4. The molecule has 1 aromatic rings. The number of amides is 1. The van der Waals surface area contributed by atoms with Crippen LogP contribution in [0.2, 0.25) is 0 Å². The quantitative estimate of drug-likeness (QED) is 0.556. The molecule has 1 fully saturated rings. The fourth-order valence-electron chi connectivity index (χ4n) is 2.62. The minimum absolute atomic E-state index is 0.105. The van der Waals surface area contributed by atoms with Crippen molar-refractivity contribution < 1.29 is 19.1 Å². The van der Waals surface area contributed by atoms with Crippen LogP contribution in [0.3, 0.4) is 0 Å². The van der Waals surface area contributed by atoms with Crippen molar-refractivity contribution >= 4 is 35.1 Å². The van der Waals surface area contributed by atoms with Gasteiger partial charge < -0.3 is 14.8 Å². The second-order valence-electron chi connectivity index (χ2n) is 7.42. The Morgan fingerprint density at radius 1 is 1.23 bits per heavy atom. The first-order chi connectivity index (χ1) is 12.0. The molecule has 2 rings (SSSR count). The highest BCUT2D eigenvalue weighted by atomic mass is 35.5. The molecule has 144 valence electrons. The number of carbonyl (C=O) groups is 2. The number of nitrogens with one attached hydrogen (secondary N) is 1. The van der Waals surface area contributed by atoms with Crippen LogP contribution in [-0.4, -0.2) is 35.0 Å². The molecule has 0 radical (unpaired) electrons.